The smallest absolute Gasteiger partial charge is 0.0599 e. The van der Waals surface area contributed by atoms with Gasteiger partial charge in [0.25, 0.3) is 0 Å². The van der Waals surface area contributed by atoms with Crippen molar-refractivity contribution in [1.82, 2.24) is 4.90 Å². The molecule has 0 rings (SSSR count). The molecule has 12 heavy (non-hydrogen) atoms. The third-order valence-corrected chi connectivity index (χ3v) is 2.10. The summed E-state index contributed by atoms with van der Waals surface area (Å²) in [5.41, 5.74) is 5.55. The van der Waals surface area contributed by atoms with Gasteiger partial charge in [-0.1, -0.05) is 6.92 Å². The molecule has 3 heteroatoms. The van der Waals surface area contributed by atoms with E-state index in [1.165, 1.54) is 0 Å². The van der Waals surface area contributed by atoms with Gasteiger partial charge >= 0.3 is 0 Å². The maximum absolute atomic E-state index is 9.05. The van der Waals surface area contributed by atoms with Crippen molar-refractivity contribution in [1.29, 1.82) is 0 Å². The van der Waals surface area contributed by atoms with Crippen LogP contribution in [0.5, 0.6) is 0 Å². The molecule has 0 radical (unpaired) electrons. The maximum Gasteiger partial charge on any atom is 0.0599 e. The highest BCUT2D eigenvalue weighted by atomic mass is 16.3. The predicted octanol–water partition coefficient (Wildman–Crippen LogP) is 0.426. The van der Waals surface area contributed by atoms with E-state index in [2.05, 4.69) is 25.7 Å². The number of aliphatic hydroxyl groups is 1. The van der Waals surface area contributed by atoms with Crippen LogP contribution in [-0.4, -0.2) is 41.8 Å². The van der Waals surface area contributed by atoms with Gasteiger partial charge in [0.05, 0.1) is 6.61 Å². The van der Waals surface area contributed by atoms with E-state index in [0.717, 1.165) is 13.0 Å². The molecular formula is C9H22N2O. The Bertz CT molecular complexity index is 103. The van der Waals surface area contributed by atoms with Gasteiger partial charge in [-0.25, -0.2) is 0 Å². The van der Waals surface area contributed by atoms with Gasteiger partial charge in [0.15, 0.2) is 0 Å². The molecule has 0 bridgehead atoms. The van der Waals surface area contributed by atoms with Crippen LogP contribution in [0.15, 0.2) is 0 Å². The Morgan fingerprint density at radius 2 is 2.00 bits per heavy atom. The van der Waals surface area contributed by atoms with E-state index in [9.17, 15) is 0 Å². The minimum atomic E-state index is 0.130. The van der Waals surface area contributed by atoms with Crippen LogP contribution in [0, 0.1) is 0 Å². The van der Waals surface area contributed by atoms with E-state index >= 15 is 0 Å². The summed E-state index contributed by atoms with van der Waals surface area (Å²) in [6, 6.07) is 0.593. The molecule has 3 N–H and O–H groups in total. The van der Waals surface area contributed by atoms with Crippen LogP contribution >= 0.6 is 0 Å². The van der Waals surface area contributed by atoms with Crippen molar-refractivity contribution >= 4 is 0 Å². The molecule has 0 aliphatic rings. The fourth-order valence-electron chi connectivity index (χ4n) is 1.44. The first-order valence-electron chi connectivity index (χ1n) is 4.74. The highest BCUT2D eigenvalue weighted by molar-refractivity contribution is 4.74. The van der Waals surface area contributed by atoms with Crippen molar-refractivity contribution < 1.29 is 5.11 Å². The van der Waals surface area contributed by atoms with Crippen molar-refractivity contribution in [2.45, 2.75) is 39.3 Å². The zero-order valence-corrected chi connectivity index (χ0v) is 8.45. The first kappa shape index (κ1) is 11.9. The number of aliphatic hydroxyl groups excluding tert-OH is 1. The van der Waals surface area contributed by atoms with Crippen LogP contribution in [-0.2, 0) is 0 Å². The van der Waals surface area contributed by atoms with Gasteiger partial charge in [-0.05, 0) is 26.8 Å². The van der Waals surface area contributed by atoms with Gasteiger partial charge in [-0.3, -0.25) is 4.90 Å². The summed E-state index contributed by atoms with van der Waals surface area (Å²) in [4.78, 5) is 2.25. The summed E-state index contributed by atoms with van der Waals surface area (Å²) in [6.07, 6.45) is 1.11. The predicted molar refractivity (Wildman–Crippen MR) is 52.1 cm³/mol. The molecule has 0 saturated heterocycles. The van der Waals surface area contributed by atoms with Crippen LogP contribution in [0.25, 0.3) is 0 Å². The maximum atomic E-state index is 9.05. The summed E-state index contributed by atoms with van der Waals surface area (Å²) in [6.45, 7) is 8.12. The average molecular weight is 174 g/mol. The van der Waals surface area contributed by atoms with Crippen molar-refractivity contribution in [2.24, 2.45) is 5.73 Å². The quantitative estimate of drug-likeness (QED) is 0.614. The summed E-state index contributed by atoms with van der Waals surface area (Å²) < 4.78 is 0. The highest BCUT2D eigenvalue weighted by Crippen LogP contribution is 2.05. The summed E-state index contributed by atoms with van der Waals surface area (Å²) in [7, 11) is 0. The fraction of sp³-hybridized carbons (Fsp3) is 1.00. The van der Waals surface area contributed by atoms with E-state index in [4.69, 9.17) is 10.8 Å². The van der Waals surface area contributed by atoms with Crippen molar-refractivity contribution in [3.63, 3.8) is 0 Å². The van der Waals surface area contributed by atoms with Crippen molar-refractivity contribution in [3.8, 4) is 0 Å². The Morgan fingerprint density at radius 1 is 1.42 bits per heavy atom. The Morgan fingerprint density at radius 3 is 2.25 bits per heavy atom. The molecule has 1 atom stereocenters. The van der Waals surface area contributed by atoms with Crippen molar-refractivity contribution in [3.05, 3.63) is 0 Å². The molecule has 0 saturated carbocycles. The lowest BCUT2D eigenvalue weighted by atomic mass is 10.2. The van der Waals surface area contributed by atoms with Gasteiger partial charge in [0, 0.05) is 18.6 Å². The average Bonchev–Trinajstić information content (AvgIpc) is 2.05. The third-order valence-electron chi connectivity index (χ3n) is 2.10. The van der Waals surface area contributed by atoms with Crippen LogP contribution in [0.4, 0.5) is 0 Å². The molecule has 0 aliphatic heterocycles. The Balaban J connectivity index is 4.05. The van der Waals surface area contributed by atoms with E-state index in [1.807, 2.05) is 0 Å². The van der Waals surface area contributed by atoms with Gasteiger partial charge in [0.2, 0.25) is 0 Å². The molecule has 0 aromatic rings. The standard InChI is InChI=1S/C9H22N2O/c1-4-5-11(8(2)3)9(6-10)7-12/h8-9,12H,4-7,10H2,1-3H3. The summed E-state index contributed by atoms with van der Waals surface area (Å²) >= 11 is 0. The van der Waals surface area contributed by atoms with E-state index in [-0.39, 0.29) is 12.6 Å². The SMILES string of the molecule is CCCN(C(C)C)C(CN)CO. The van der Waals surface area contributed by atoms with E-state index in [0.29, 0.717) is 12.6 Å². The Kier molecular flexibility index (Phi) is 6.34. The second kappa shape index (κ2) is 6.40. The number of nitrogens with two attached hydrogens (primary N) is 1. The van der Waals surface area contributed by atoms with E-state index in [1.54, 1.807) is 0 Å². The zero-order chi connectivity index (χ0) is 9.56. The summed E-state index contributed by atoms with van der Waals surface area (Å²) in [5.74, 6) is 0. The lowest BCUT2D eigenvalue weighted by Gasteiger charge is -2.32. The molecule has 0 aromatic heterocycles. The lowest BCUT2D eigenvalue weighted by Crippen LogP contribution is -2.47. The van der Waals surface area contributed by atoms with Gasteiger partial charge in [0.1, 0.15) is 0 Å². The first-order valence-corrected chi connectivity index (χ1v) is 4.74. The second-order valence-corrected chi connectivity index (χ2v) is 3.40. The normalized spacial score (nSPS) is 14.2. The Hall–Kier alpha value is -0.120. The highest BCUT2D eigenvalue weighted by Gasteiger charge is 2.17. The van der Waals surface area contributed by atoms with Crippen molar-refractivity contribution in [2.75, 3.05) is 19.7 Å². The third kappa shape index (κ3) is 3.52. The zero-order valence-electron chi connectivity index (χ0n) is 8.45. The molecular weight excluding hydrogens is 152 g/mol. The molecule has 0 heterocycles. The molecule has 0 aromatic carbocycles. The van der Waals surface area contributed by atoms with Gasteiger partial charge in [-0.2, -0.15) is 0 Å². The number of hydrogen-bond donors (Lipinski definition) is 2. The topological polar surface area (TPSA) is 49.5 Å². The number of nitrogens with zero attached hydrogens (tertiary/aromatic N) is 1. The molecule has 0 aliphatic carbocycles. The number of rotatable bonds is 6. The van der Waals surface area contributed by atoms with Crippen LogP contribution in [0.1, 0.15) is 27.2 Å². The Labute approximate surface area is 75.6 Å². The fourth-order valence-corrected chi connectivity index (χ4v) is 1.44. The molecule has 1 unspecified atom stereocenters. The molecule has 3 nitrogen and oxygen atoms in total. The summed E-state index contributed by atoms with van der Waals surface area (Å²) in [5, 5.41) is 9.05. The lowest BCUT2D eigenvalue weighted by molar-refractivity contribution is 0.100. The van der Waals surface area contributed by atoms with Gasteiger partial charge in [-0.15, -0.1) is 0 Å². The van der Waals surface area contributed by atoms with Gasteiger partial charge < -0.3 is 10.8 Å². The monoisotopic (exact) mass is 174 g/mol. The number of hydrogen-bond acceptors (Lipinski definition) is 3. The molecule has 0 fully saturated rings. The van der Waals surface area contributed by atoms with Crippen LogP contribution in [0.3, 0.4) is 0 Å². The minimum absolute atomic E-state index is 0.130. The van der Waals surface area contributed by atoms with E-state index < -0.39 is 0 Å². The molecule has 0 spiro atoms. The molecule has 74 valence electrons. The first-order chi connectivity index (χ1) is 5.67. The second-order valence-electron chi connectivity index (χ2n) is 3.40. The largest absolute Gasteiger partial charge is 0.395 e. The van der Waals surface area contributed by atoms with Crippen LogP contribution in [0.2, 0.25) is 0 Å². The molecule has 0 amide bonds. The minimum Gasteiger partial charge on any atom is -0.395 e. The van der Waals surface area contributed by atoms with Crippen LogP contribution < -0.4 is 5.73 Å².